The van der Waals surface area contributed by atoms with Gasteiger partial charge in [0.1, 0.15) is 23.4 Å². The van der Waals surface area contributed by atoms with Gasteiger partial charge in [0.15, 0.2) is 0 Å². The lowest BCUT2D eigenvalue weighted by atomic mass is 10.0. The van der Waals surface area contributed by atoms with Crippen LogP contribution in [0.15, 0.2) is 72.8 Å². The number of methoxy groups -OCH3 is 2. The molecule has 0 aliphatic carbocycles. The monoisotopic (exact) mass is 418 g/mol. The van der Waals surface area contributed by atoms with Gasteiger partial charge < -0.3 is 25.8 Å². The summed E-state index contributed by atoms with van der Waals surface area (Å²) in [4.78, 5) is 13.2. The van der Waals surface area contributed by atoms with Gasteiger partial charge >= 0.3 is 0 Å². The molecule has 0 aromatic heterocycles. The first-order valence-corrected chi connectivity index (χ1v) is 9.75. The highest BCUT2D eigenvalue weighted by Gasteiger charge is 2.22. The molecular formula is C24H26N4O3. The van der Waals surface area contributed by atoms with Crippen LogP contribution in [0.2, 0.25) is 0 Å². The van der Waals surface area contributed by atoms with E-state index in [1.807, 2.05) is 30.3 Å². The SMILES string of the molecule is COc1cc(OC)cc([C@H](Nc2ccc(C(=N)N)cc2)C(=O)NCc2ccccc2)c1. The summed E-state index contributed by atoms with van der Waals surface area (Å²) in [7, 11) is 3.13. The van der Waals surface area contributed by atoms with Crippen molar-refractivity contribution in [3.8, 4) is 11.5 Å². The van der Waals surface area contributed by atoms with Crippen molar-refractivity contribution in [1.29, 1.82) is 5.41 Å². The van der Waals surface area contributed by atoms with Crippen molar-refractivity contribution < 1.29 is 14.3 Å². The van der Waals surface area contributed by atoms with Gasteiger partial charge in [0, 0.05) is 23.9 Å². The Morgan fingerprint density at radius 3 is 2.13 bits per heavy atom. The molecule has 7 heteroatoms. The van der Waals surface area contributed by atoms with E-state index in [4.69, 9.17) is 20.6 Å². The van der Waals surface area contributed by atoms with Crippen LogP contribution in [0.1, 0.15) is 22.7 Å². The molecule has 3 aromatic carbocycles. The molecular weight excluding hydrogens is 392 g/mol. The highest BCUT2D eigenvalue weighted by atomic mass is 16.5. The zero-order valence-electron chi connectivity index (χ0n) is 17.5. The number of carbonyl (C=O) groups excluding carboxylic acids is 1. The molecule has 160 valence electrons. The van der Waals surface area contributed by atoms with Gasteiger partial charge in [-0.05, 0) is 47.5 Å². The molecule has 31 heavy (non-hydrogen) atoms. The molecule has 0 bridgehead atoms. The van der Waals surface area contributed by atoms with Crippen molar-refractivity contribution in [3.05, 3.63) is 89.5 Å². The molecule has 1 atom stereocenters. The van der Waals surface area contributed by atoms with Gasteiger partial charge in [-0.15, -0.1) is 0 Å². The van der Waals surface area contributed by atoms with Crippen LogP contribution in [0.5, 0.6) is 11.5 Å². The smallest absolute Gasteiger partial charge is 0.247 e. The van der Waals surface area contributed by atoms with E-state index in [0.717, 1.165) is 5.56 Å². The van der Waals surface area contributed by atoms with Crippen LogP contribution in [0.4, 0.5) is 5.69 Å². The second kappa shape index (κ2) is 10.2. The molecule has 0 radical (unpaired) electrons. The minimum atomic E-state index is -0.698. The van der Waals surface area contributed by atoms with Crippen LogP contribution in [-0.2, 0) is 11.3 Å². The van der Waals surface area contributed by atoms with E-state index in [2.05, 4.69) is 10.6 Å². The molecule has 1 amide bonds. The number of ether oxygens (including phenoxy) is 2. The Bertz CT molecular complexity index is 1010. The maximum absolute atomic E-state index is 13.2. The fourth-order valence-corrected chi connectivity index (χ4v) is 3.10. The Morgan fingerprint density at radius 2 is 1.58 bits per heavy atom. The first-order chi connectivity index (χ1) is 15.0. The van der Waals surface area contributed by atoms with Crippen LogP contribution < -0.4 is 25.8 Å². The molecule has 0 saturated heterocycles. The van der Waals surface area contributed by atoms with E-state index >= 15 is 0 Å². The Kier molecular flexibility index (Phi) is 7.11. The number of rotatable bonds is 9. The van der Waals surface area contributed by atoms with Crippen molar-refractivity contribution in [3.63, 3.8) is 0 Å². The first-order valence-electron chi connectivity index (χ1n) is 9.75. The van der Waals surface area contributed by atoms with Gasteiger partial charge in [-0.2, -0.15) is 0 Å². The summed E-state index contributed by atoms with van der Waals surface area (Å²) in [6.45, 7) is 0.405. The van der Waals surface area contributed by atoms with Crippen molar-refractivity contribution in [1.82, 2.24) is 5.32 Å². The molecule has 0 unspecified atom stereocenters. The number of hydrogen-bond acceptors (Lipinski definition) is 5. The second-order valence-electron chi connectivity index (χ2n) is 6.92. The third-order valence-corrected chi connectivity index (χ3v) is 4.79. The third-order valence-electron chi connectivity index (χ3n) is 4.79. The summed E-state index contributed by atoms with van der Waals surface area (Å²) in [5.41, 5.74) is 8.55. The van der Waals surface area contributed by atoms with Gasteiger partial charge in [-0.1, -0.05) is 30.3 Å². The normalized spacial score (nSPS) is 11.3. The topological polar surface area (TPSA) is 109 Å². The van der Waals surface area contributed by atoms with E-state index in [9.17, 15) is 4.79 Å². The van der Waals surface area contributed by atoms with Crippen LogP contribution in [0.25, 0.3) is 0 Å². The average Bonchev–Trinajstić information content (AvgIpc) is 2.81. The molecule has 0 fully saturated rings. The molecule has 0 spiro atoms. The van der Waals surface area contributed by atoms with Crippen LogP contribution in [0, 0.1) is 5.41 Å². The number of amidine groups is 1. The van der Waals surface area contributed by atoms with E-state index in [1.165, 1.54) is 0 Å². The molecule has 7 nitrogen and oxygen atoms in total. The van der Waals surface area contributed by atoms with E-state index in [0.29, 0.717) is 34.9 Å². The molecule has 3 rings (SSSR count). The predicted octanol–water partition coefficient (Wildman–Crippen LogP) is 3.46. The maximum Gasteiger partial charge on any atom is 0.247 e. The van der Waals surface area contributed by atoms with Crippen LogP contribution >= 0.6 is 0 Å². The summed E-state index contributed by atoms with van der Waals surface area (Å²) >= 11 is 0. The van der Waals surface area contributed by atoms with Gasteiger partial charge in [0.2, 0.25) is 5.91 Å². The number of nitrogen functional groups attached to an aromatic ring is 1. The number of amides is 1. The van der Waals surface area contributed by atoms with E-state index in [1.54, 1.807) is 56.7 Å². The zero-order chi connectivity index (χ0) is 22.2. The first kappa shape index (κ1) is 21.7. The van der Waals surface area contributed by atoms with Gasteiger partial charge in [-0.3, -0.25) is 10.2 Å². The minimum absolute atomic E-state index is 0.0127. The van der Waals surface area contributed by atoms with Crippen LogP contribution in [-0.4, -0.2) is 26.0 Å². The maximum atomic E-state index is 13.2. The number of nitrogens with two attached hydrogens (primary N) is 1. The highest BCUT2D eigenvalue weighted by molar-refractivity contribution is 5.95. The molecule has 3 aromatic rings. The highest BCUT2D eigenvalue weighted by Crippen LogP contribution is 2.29. The molecule has 0 saturated carbocycles. The van der Waals surface area contributed by atoms with Gasteiger partial charge in [0.05, 0.1) is 14.2 Å². The minimum Gasteiger partial charge on any atom is -0.497 e. The summed E-state index contributed by atoms with van der Waals surface area (Å²) < 4.78 is 10.7. The van der Waals surface area contributed by atoms with Crippen molar-refractivity contribution in [2.24, 2.45) is 5.73 Å². The summed E-state index contributed by atoms with van der Waals surface area (Å²) in [6, 6.07) is 21.4. The van der Waals surface area contributed by atoms with Crippen molar-refractivity contribution in [2.75, 3.05) is 19.5 Å². The number of nitrogens with one attached hydrogen (secondary N) is 3. The lowest BCUT2D eigenvalue weighted by molar-refractivity contribution is -0.122. The second-order valence-corrected chi connectivity index (χ2v) is 6.92. The summed E-state index contributed by atoms with van der Waals surface area (Å²) in [5, 5.41) is 13.8. The predicted molar refractivity (Wildman–Crippen MR) is 122 cm³/mol. The van der Waals surface area contributed by atoms with E-state index in [-0.39, 0.29) is 11.7 Å². The number of anilines is 1. The fraction of sp³-hybridized carbons (Fsp3) is 0.167. The molecule has 5 N–H and O–H groups in total. The van der Waals surface area contributed by atoms with Crippen molar-refractivity contribution >= 4 is 17.4 Å². The Labute approximate surface area is 181 Å². The largest absolute Gasteiger partial charge is 0.497 e. The number of carbonyl (C=O) groups is 1. The lowest BCUT2D eigenvalue weighted by Gasteiger charge is -2.21. The summed E-state index contributed by atoms with van der Waals surface area (Å²) in [6.07, 6.45) is 0. The molecule has 0 heterocycles. The van der Waals surface area contributed by atoms with E-state index < -0.39 is 6.04 Å². The van der Waals surface area contributed by atoms with Crippen LogP contribution in [0.3, 0.4) is 0 Å². The molecule has 0 aliphatic heterocycles. The average molecular weight is 418 g/mol. The van der Waals surface area contributed by atoms with Gasteiger partial charge in [-0.25, -0.2) is 0 Å². The number of benzene rings is 3. The Hall–Kier alpha value is -4.00. The summed E-state index contributed by atoms with van der Waals surface area (Å²) in [5.74, 6) is 0.962. The third kappa shape index (κ3) is 5.76. The fourth-order valence-electron chi connectivity index (χ4n) is 3.10. The Balaban J connectivity index is 1.89. The lowest BCUT2D eigenvalue weighted by Crippen LogP contribution is -2.33. The standard InChI is InChI=1S/C24H26N4O3/c1-30-20-12-18(13-21(14-20)31-2)22(24(29)27-15-16-6-4-3-5-7-16)28-19-10-8-17(9-11-19)23(25)26/h3-14,22,28H,15H2,1-2H3,(H3,25,26)(H,27,29)/t22-/m0/s1. The van der Waals surface area contributed by atoms with Gasteiger partial charge in [0.25, 0.3) is 0 Å². The number of hydrogen-bond donors (Lipinski definition) is 4. The quantitative estimate of drug-likeness (QED) is 0.314. The molecule has 0 aliphatic rings. The Morgan fingerprint density at radius 1 is 0.968 bits per heavy atom. The zero-order valence-corrected chi connectivity index (χ0v) is 17.5. The van der Waals surface area contributed by atoms with Crippen molar-refractivity contribution in [2.45, 2.75) is 12.6 Å².